The fourth-order valence-corrected chi connectivity index (χ4v) is 2.07. The Morgan fingerprint density at radius 3 is 3.00 bits per heavy atom. The number of halogens is 1. The van der Waals surface area contributed by atoms with Crippen molar-refractivity contribution in [1.29, 1.82) is 0 Å². The lowest BCUT2D eigenvalue weighted by atomic mass is 10.2. The van der Waals surface area contributed by atoms with Crippen LogP contribution in [0.2, 0.25) is 0 Å². The topological polar surface area (TPSA) is 17.1 Å². The van der Waals surface area contributed by atoms with Gasteiger partial charge in [0.15, 0.2) is 0 Å². The monoisotopic (exact) mass is 238 g/mol. The predicted octanol–water partition coefficient (Wildman–Crippen LogP) is 2.32. The molecule has 0 bridgehead atoms. The van der Waals surface area contributed by atoms with Crippen molar-refractivity contribution in [1.82, 2.24) is 0 Å². The van der Waals surface area contributed by atoms with Gasteiger partial charge >= 0.3 is 0 Å². The molecule has 2 heteroatoms. The van der Waals surface area contributed by atoms with Gasteiger partial charge in [0.25, 0.3) is 0 Å². The van der Waals surface area contributed by atoms with E-state index in [-0.39, 0.29) is 0 Å². The van der Waals surface area contributed by atoms with Crippen LogP contribution in [0.3, 0.4) is 0 Å². The van der Waals surface area contributed by atoms with Crippen molar-refractivity contribution < 1.29 is 4.79 Å². The number of rotatable bonds is 0. The second kappa shape index (κ2) is 3.54. The SMILES string of the molecule is O=C1CCCCC(I)C1. The summed E-state index contributed by atoms with van der Waals surface area (Å²) in [5.41, 5.74) is 0. The third-order valence-electron chi connectivity index (χ3n) is 1.67. The lowest BCUT2D eigenvalue weighted by Crippen LogP contribution is -2.02. The van der Waals surface area contributed by atoms with Gasteiger partial charge in [0.1, 0.15) is 5.78 Å². The Morgan fingerprint density at radius 1 is 1.44 bits per heavy atom. The lowest BCUT2D eigenvalue weighted by molar-refractivity contribution is -0.118. The molecule has 1 atom stereocenters. The van der Waals surface area contributed by atoms with Crippen molar-refractivity contribution in [2.24, 2.45) is 0 Å². The maximum atomic E-state index is 10.9. The van der Waals surface area contributed by atoms with Gasteiger partial charge in [-0.05, 0) is 12.8 Å². The van der Waals surface area contributed by atoms with Crippen LogP contribution in [0.1, 0.15) is 32.1 Å². The first-order chi connectivity index (χ1) is 4.29. The van der Waals surface area contributed by atoms with Crippen LogP contribution < -0.4 is 0 Å². The van der Waals surface area contributed by atoms with Crippen LogP contribution in [0, 0.1) is 0 Å². The molecule has 0 amide bonds. The molecular formula is C7H11IO. The zero-order valence-electron chi connectivity index (χ0n) is 5.40. The van der Waals surface area contributed by atoms with Crippen molar-refractivity contribution in [2.75, 3.05) is 0 Å². The minimum atomic E-state index is 0.465. The number of ketones is 1. The smallest absolute Gasteiger partial charge is 0.133 e. The highest BCUT2D eigenvalue weighted by Crippen LogP contribution is 2.20. The van der Waals surface area contributed by atoms with Crippen molar-refractivity contribution >= 4 is 28.4 Å². The summed E-state index contributed by atoms with van der Waals surface area (Å²) >= 11 is 2.38. The molecule has 0 aliphatic heterocycles. The molecule has 0 heterocycles. The van der Waals surface area contributed by atoms with Gasteiger partial charge in [-0.25, -0.2) is 0 Å². The molecule has 1 aliphatic carbocycles. The Balaban J connectivity index is 2.37. The molecule has 1 nitrogen and oxygen atoms in total. The fraction of sp³-hybridized carbons (Fsp3) is 0.857. The van der Waals surface area contributed by atoms with Crippen LogP contribution in [0.15, 0.2) is 0 Å². The summed E-state index contributed by atoms with van der Waals surface area (Å²) in [6.45, 7) is 0. The Kier molecular flexibility index (Phi) is 2.95. The molecule has 0 aromatic heterocycles. The molecule has 1 rings (SSSR count). The summed E-state index contributed by atoms with van der Waals surface area (Å²) in [6.07, 6.45) is 5.27. The third-order valence-corrected chi connectivity index (χ3v) is 2.74. The molecule has 0 aromatic rings. The van der Waals surface area contributed by atoms with E-state index in [0.717, 1.165) is 19.3 Å². The van der Waals surface area contributed by atoms with Crippen LogP contribution in [-0.4, -0.2) is 9.71 Å². The Morgan fingerprint density at radius 2 is 2.22 bits per heavy atom. The lowest BCUT2D eigenvalue weighted by Gasteiger charge is -2.00. The first-order valence-electron chi connectivity index (χ1n) is 3.45. The molecule has 0 saturated heterocycles. The first kappa shape index (κ1) is 7.51. The molecular weight excluding hydrogens is 227 g/mol. The summed E-state index contributed by atoms with van der Waals surface area (Å²) in [5, 5.41) is 0. The standard InChI is InChI=1S/C7H11IO/c8-6-3-1-2-4-7(9)5-6/h6H,1-5H2. The molecule has 9 heavy (non-hydrogen) atoms. The van der Waals surface area contributed by atoms with Gasteiger partial charge in [-0.2, -0.15) is 0 Å². The van der Waals surface area contributed by atoms with E-state index < -0.39 is 0 Å². The molecule has 1 saturated carbocycles. The number of carbonyl (C=O) groups excluding carboxylic acids is 1. The minimum absolute atomic E-state index is 0.465. The summed E-state index contributed by atoms with van der Waals surface area (Å²) in [6, 6.07) is 0. The van der Waals surface area contributed by atoms with Gasteiger partial charge in [0.2, 0.25) is 0 Å². The largest absolute Gasteiger partial charge is 0.300 e. The van der Waals surface area contributed by atoms with Crippen molar-refractivity contribution in [3.05, 3.63) is 0 Å². The molecule has 0 radical (unpaired) electrons. The van der Waals surface area contributed by atoms with Crippen LogP contribution in [0.4, 0.5) is 0 Å². The average molecular weight is 238 g/mol. The normalized spacial score (nSPS) is 29.9. The number of alkyl halides is 1. The molecule has 1 aliphatic rings. The second-order valence-electron chi connectivity index (χ2n) is 2.59. The summed E-state index contributed by atoms with van der Waals surface area (Å²) in [5.74, 6) is 0.465. The Hall–Kier alpha value is 0.400. The van der Waals surface area contributed by atoms with E-state index in [1.54, 1.807) is 0 Å². The third kappa shape index (κ3) is 2.65. The van der Waals surface area contributed by atoms with Gasteiger partial charge in [0.05, 0.1) is 0 Å². The van der Waals surface area contributed by atoms with Gasteiger partial charge in [0, 0.05) is 16.8 Å². The van der Waals surface area contributed by atoms with Gasteiger partial charge in [-0.3, -0.25) is 4.79 Å². The maximum Gasteiger partial charge on any atom is 0.133 e. The van der Waals surface area contributed by atoms with Crippen molar-refractivity contribution in [3.63, 3.8) is 0 Å². The van der Waals surface area contributed by atoms with Crippen molar-refractivity contribution in [3.8, 4) is 0 Å². The second-order valence-corrected chi connectivity index (χ2v) is 4.35. The highest BCUT2D eigenvalue weighted by atomic mass is 127. The van der Waals surface area contributed by atoms with E-state index in [9.17, 15) is 4.79 Å². The highest BCUT2D eigenvalue weighted by Gasteiger charge is 2.13. The van der Waals surface area contributed by atoms with Gasteiger partial charge in [-0.15, -0.1) is 0 Å². The number of hydrogen-bond acceptors (Lipinski definition) is 1. The average Bonchev–Trinajstić information content (AvgIpc) is 1.93. The minimum Gasteiger partial charge on any atom is -0.300 e. The van der Waals surface area contributed by atoms with Crippen molar-refractivity contribution in [2.45, 2.75) is 36.0 Å². The molecule has 0 aromatic carbocycles. The predicted molar refractivity (Wildman–Crippen MR) is 45.9 cm³/mol. The highest BCUT2D eigenvalue weighted by molar-refractivity contribution is 14.1. The van der Waals surface area contributed by atoms with Crippen LogP contribution in [-0.2, 0) is 4.79 Å². The molecule has 1 unspecified atom stereocenters. The van der Waals surface area contributed by atoms with E-state index in [0.29, 0.717) is 9.71 Å². The van der Waals surface area contributed by atoms with E-state index in [4.69, 9.17) is 0 Å². The van der Waals surface area contributed by atoms with Crippen LogP contribution in [0.5, 0.6) is 0 Å². The van der Waals surface area contributed by atoms with Gasteiger partial charge < -0.3 is 0 Å². The molecule has 52 valence electrons. The number of carbonyl (C=O) groups is 1. The first-order valence-corrected chi connectivity index (χ1v) is 4.69. The quantitative estimate of drug-likeness (QED) is 0.359. The van der Waals surface area contributed by atoms with E-state index in [1.165, 1.54) is 12.8 Å². The molecule has 0 spiro atoms. The van der Waals surface area contributed by atoms with Crippen LogP contribution in [0.25, 0.3) is 0 Å². The summed E-state index contributed by atoms with van der Waals surface area (Å²) in [4.78, 5) is 10.9. The zero-order chi connectivity index (χ0) is 6.69. The van der Waals surface area contributed by atoms with Gasteiger partial charge in [-0.1, -0.05) is 29.0 Å². The molecule has 1 fully saturated rings. The van der Waals surface area contributed by atoms with E-state index in [1.807, 2.05) is 0 Å². The van der Waals surface area contributed by atoms with E-state index in [2.05, 4.69) is 22.6 Å². The van der Waals surface area contributed by atoms with E-state index >= 15 is 0 Å². The fourth-order valence-electron chi connectivity index (χ4n) is 1.14. The molecule has 0 N–H and O–H groups in total. The zero-order valence-corrected chi connectivity index (χ0v) is 7.56. The maximum absolute atomic E-state index is 10.9. The van der Waals surface area contributed by atoms with Crippen LogP contribution >= 0.6 is 22.6 Å². The number of hydrogen-bond donors (Lipinski definition) is 0. The number of Topliss-reactive ketones (excluding diaryl/α,β-unsaturated/α-hetero) is 1. The summed E-state index contributed by atoms with van der Waals surface area (Å²) in [7, 11) is 0. The summed E-state index contributed by atoms with van der Waals surface area (Å²) < 4.78 is 0.623. The Bertz CT molecular complexity index is 111. The Labute approximate surface area is 69.3 Å².